The third-order valence-corrected chi connectivity index (χ3v) is 10.3. The van der Waals surface area contributed by atoms with Crippen molar-refractivity contribution in [3.8, 4) is 0 Å². The standard InChI is InChI=1S/C30H37N5O4S/c1-20-15-23-18-31-35(29-9-5-8-14-39-29)28(23)17-26(20)32-30(36)22(3)34-19-21(2)25-16-24(10-11-27(25)34)40(37,38)33-12-6-4-7-13-33/h10-11,15-19,22,29H,4-9,12-14H2,1-3H3,(H,32,36). The van der Waals surface area contributed by atoms with Crippen LogP contribution in [0.1, 0.15) is 68.8 Å². The smallest absolute Gasteiger partial charge is 0.247 e. The van der Waals surface area contributed by atoms with Crippen molar-refractivity contribution in [1.29, 1.82) is 0 Å². The topological polar surface area (TPSA) is 98.5 Å². The Hall–Kier alpha value is -3.21. The lowest BCUT2D eigenvalue weighted by Crippen LogP contribution is -2.35. The van der Waals surface area contributed by atoms with Crippen molar-refractivity contribution in [1.82, 2.24) is 18.7 Å². The van der Waals surface area contributed by atoms with Gasteiger partial charge in [-0.05, 0) is 94.3 Å². The van der Waals surface area contributed by atoms with Crippen LogP contribution in [-0.2, 0) is 19.6 Å². The highest BCUT2D eigenvalue weighted by Gasteiger charge is 2.27. The third kappa shape index (κ3) is 4.82. The zero-order chi connectivity index (χ0) is 28.0. The molecule has 6 rings (SSSR count). The maximum absolute atomic E-state index is 13.5. The molecule has 0 saturated carbocycles. The summed E-state index contributed by atoms with van der Waals surface area (Å²) in [6.45, 7) is 7.66. The second-order valence-corrected chi connectivity index (χ2v) is 13.1. The van der Waals surface area contributed by atoms with E-state index in [-0.39, 0.29) is 12.1 Å². The predicted octanol–water partition coefficient (Wildman–Crippen LogP) is 5.68. The molecule has 2 aromatic carbocycles. The fourth-order valence-electron chi connectivity index (χ4n) is 5.99. The minimum atomic E-state index is -3.54. The molecule has 2 aromatic heterocycles. The molecule has 2 unspecified atom stereocenters. The van der Waals surface area contributed by atoms with Crippen LogP contribution in [0.5, 0.6) is 0 Å². The fraction of sp³-hybridized carbons (Fsp3) is 0.467. The molecule has 4 aromatic rings. The number of nitrogens with zero attached hydrogens (tertiary/aromatic N) is 4. The largest absolute Gasteiger partial charge is 0.356 e. The van der Waals surface area contributed by atoms with Crippen LogP contribution in [0, 0.1) is 13.8 Å². The van der Waals surface area contributed by atoms with E-state index in [4.69, 9.17) is 4.74 Å². The quantitative estimate of drug-likeness (QED) is 0.325. The van der Waals surface area contributed by atoms with Crippen LogP contribution in [0.3, 0.4) is 0 Å². The fourth-order valence-corrected chi connectivity index (χ4v) is 7.53. The summed E-state index contributed by atoms with van der Waals surface area (Å²) in [5, 5.41) is 9.57. The van der Waals surface area contributed by atoms with E-state index in [0.717, 1.165) is 83.8 Å². The third-order valence-electron chi connectivity index (χ3n) is 8.38. The monoisotopic (exact) mass is 563 g/mol. The maximum atomic E-state index is 13.5. The van der Waals surface area contributed by atoms with Crippen LogP contribution >= 0.6 is 0 Å². The normalized spacial score (nSPS) is 19.7. The van der Waals surface area contributed by atoms with E-state index in [0.29, 0.717) is 18.0 Å². The highest BCUT2D eigenvalue weighted by Crippen LogP contribution is 2.32. The lowest BCUT2D eigenvalue weighted by molar-refractivity contribution is -0.118. The molecule has 2 atom stereocenters. The van der Waals surface area contributed by atoms with E-state index in [2.05, 4.69) is 10.4 Å². The van der Waals surface area contributed by atoms with Crippen molar-refractivity contribution >= 4 is 43.4 Å². The van der Waals surface area contributed by atoms with E-state index in [1.54, 1.807) is 16.4 Å². The Balaban J connectivity index is 1.26. The van der Waals surface area contributed by atoms with E-state index in [1.165, 1.54) is 0 Å². The van der Waals surface area contributed by atoms with Gasteiger partial charge in [-0.3, -0.25) is 4.79 Å². The van der Waals surface area contributed by atoms with Gasteiger partial charge in [-0.15, -0.1) is 0 Å². The lowest BCUT2D eigenvalue weighted by Gasteiger charge is -2.26. The number of piperidine rings is 1. The molecule has 0 aliphatic carbocycles. The molecular formula is C30H37N5O4S. The van der Waals surface area contributed by atoms with Crippen LogP contribution in [0.25, 0.3) is 21.8 Å². The Bertz CT molecular complexity index is 1680. The summed E-state index contributed by atoms with van der Waals surface area (Å²) in [5.74, 6) is -0.149. The molecule has 40 heavy (non-hydrogen) atoms. The number of nitrogens with one attached hydrogen (secondary N) is 1. The number of carbonyl (C=O) groups excluding carboxylic acids is 1. The molecular weight excluding hydrogens is 526 g/mol. The van der Waals surface area contributed by atoms with Gasteiger partial charge in [0, 0.05) is 47.9 Å². The Morgan fingerprint density at radius 1 is 1.02 bits per heavy atom. The zero-order valence-electron chi connectivity index (χ0n) is 23.4. The molecule has 2 saturated heterocycles. The molecule has 0 bridgehead atoms. The summed E-state index contributed by atoms with van der Waals surface area (Å²) in [4.78, 5) is 13.8. The van der Waals surface area contributed by atoms with Crippen LogP contribution in [0.2, 0.25) is 0 Å². The molecule has 2 fully saturated rings. The van der Waals surface area contributed by atoms with Crippen LogP contribution in [0.15, 0.2) is 47.6 Å². The SMILES string of the molecule is Cc1cc2cnn(C3CCCCO3)c2cc1NC(=O)C(C)n1cc(C)c2cc(S(=O)(=O)N3CCCCC3)ccc21. The molecule has 10 heteroatoms. The molecule has 9 nitrogen and oxygen atoms in total. The second-order valence-electron chi connectivity index (χ2n) is 11.2. The molecule has 0 spiro atoms. The van der Waals surface area contributed by atoms with Gasteiger partial charge in [0.25, 0.3) is 0 Å². The van der Waals surface area contributed by atoms with Crippen LogP contribution in [-0.4, -0.2) is 52.7 Å². The number of carbonyl (C=O) groups is 1. The number of ether oxygens (including phenoxy) is 1. The predicted molar refractivity (Wildman–Crippen MR) is 156 cm³/mol. The first-order valence-corrected chi connectivity index (χ1v) is 15.7. The number of benzene rings is 2. The molecule has 2 aliphatic heterocycles. The summed E-state index contributed by atoms with van der Waals surface area (Å²) in [6, 6.07) is 8.76. The number of aryl methyl sites for hydroxylation is 2. The van der Waals surface area contributed by atoms with Crippen LogP contribution in [0.4, 0.5) is 5.69 Å². The summed E-state index contributed by atoms with van der Waals surface area (Å²) in [6.07, 6.45) is 9.64. The molecule has 4 heterocycles. The Labute approximate surface area is 235 Å². The molecule has 1 N–H and O–H groups in total. The van der Waals surface area contributed by atoms with Crippen molar-refractivity contribution in [3.05, 3.63) is 53.9 Å². The Morgan fingerprint density at radius 3 is 2.58 bits per heavy atom. The van der Waals surface area contributed by atoms with Crippen molar-refractivity contribution in [2.24, 2.45) is 0 Å². The lowest BCUT2D eigenvalue weighted by atomic mass is 10.1. The molecule has 2 aliphatic rings. The van der Waals surface area contributed by atoms with Gasteiger partial charge < -0.3 is 14.6 Å². The van der Waals surface area contributed by atoms with Crippen molar-refractivity contribution in [2.45, 2.75) is 76.5 Å². The number of hydrogen-bond acceptors (Lipinski definition) is 5. The van der Waals surface area contributed by atoms with E-state index >= 15 is 0 Å². The Morgan fingerprint density at radius 2 is 1.82 bits per heavy atom. The van der Waals surface area contributed by atoms with Gasteiger partial charge in [-0.1, -0.05) is 6.42 Å². The van der Waals surface area contributed by atoms with E-state index < -0.39 is 16.1 Å². The van der Waals surface area contributed by atoms with Crippen molar-refractivity contribution in [2.75, 3.05) is 25.0 Å². The van der Waals surface area contributed by atoms with Gasteiger partial charge in [0.15, 0.2) is 6.23 Å². The van der Waals surface area contributed by atoms with Crippen LogP contribution < -0.4 is 5.32 Å². The number of anilines is 1. The highest BCUT2D eigenvalue weighted by atomic mass is 32.2. The minimum absolute atomic E-state index is 0.0886. The second kappa shape index (κ2) is 10.6. The average Bonchev–Trinajstić information content (AvgIpc) is 3.53. The first-order chi connectivity index (χ1) is 19.2. The Kier molecular flexibility index (Phi) is 7.18. The van der Waals surface area contributed by atoms with Gasteiger partial charge in [-0.25, -0.2) is 13.1 Å². The average molecular weight is 564 g/mol. The number of aromatic nitrogens is 3. The van der Waals surface area contributed by atoms with Gasteiger partial charge >= 0.3 is 0 Å². The van der Waals surface area contributed by atoms with E-state index in [9.17, 15) is 13.2 Å². The number of sulfonamides is 1. The van der Waals surface area contributed by atoms with Crippen molar-refractivity contribution < 1.29 is 17.9 Å². The summed E-state index contributed by atoms with van der Waals surface area (Å²) >= 11 is 0. The minimum Gasteiger partial charge on any atom is -0.356 e. The van der Waals surface area contributed by atoms with Gasteiger partial charge in [0.05, 0.1) is 16.6 Å². The number of amides is 1. The number of hydrogen-bond donors (Lipinski definition) is 1. The number of rotatable bonds is 6. The summed E-state index contributed by atoms with van der Waals surface area (Å²) in [7, 11) is -3.54. The first-order valence-electron chi connectivity index (χ1n) is 14.3. The molecule has 212 valence electrons. The summed E-state index contributed by atoms with van der Waals surface area (Å²) < 4.78 is 37.9. The van der Waals surface area contributed by atoms with Gasteiger partial charge in [-0.2, -0.15) is 9.40 Å². The zero-order valence-corrected chi connectivity index (χ0v) is 24.2. The van der Waals surface area contributed by atoms with Gasteiger partial charge in [0.2, 0.25) is 15.9 Å². The van der Waals surface area contributed by atoms with Gasteiger partial charge in [0.1, 0.15) is 6.04 Å². The maximum Gasteiger partial charge on any atom is 0.247 e. The summed E-state index contributed by atoms with van der Waals surface area (Å²) in [5.41, 5.74) is 4.39. The first kappa shape index (κ1) is 27.0. The highest BCUT2D eigenvalue weighted by molar-refractivity contribution is 7.89. The van der Waals surface area contributed by atoms with E-state index in [1.807, 2.05) is 60.6 Å². The molecule has 0 radical (unpaired) electrons. The van der Waals surface area contributed by atoms with Crippen molar-refractivity contribution in [3.63, 3.8) is 0 Å². The number of fused-ring (bicyclic) bond motifs is 2. The molecule has 1 amide bonds.